The van der Waals surface area contributed by atoms with Crippen LogP contribution in [0.25, 0.3) is 0 Å². The van der Waals surface area contributed by atoms with Gasteiger partial charge in [0.1, 0.15) is 11.5 Å². The van der Waals surface area contributed by atoms with Crippen molar-refractivity contribution in [3.8, 4) is 11.5 Å². The van der Waals surface area contributed by atoms with Crippen molar-refractivity contribution in [3.63, 3.8) is 0 Å². The fraction of sp³-hybridized carbons (Fsp3) is 0.222. The lowest BCUT2D eigenvalue weighted by Gasteiger charge is -2.12. The molecule has 1 rings (SSSR count). The summed E-state index contributed by atoms with van der Waals surface area (Å²) in [5, 5.41) is -1.06. The summed E-state index contributed by atoms with van der Waals surface area (Å²) in [5.41, 5.74) is -0.404. The van der Waals surface area contributed by atoms with Crippen LogP contribution < -0.4 is 9.47 Å². The molecule has 88 valence electrons. The van der Waals surface area contributed by atoms with E-state index in [2.05, 4.69) is 4.74 Å². The van der Waals surface area contributed by atoms with Crippen molar-refractivity contribution in [1.29, 1.82) is 0 Å². The molecule has 0 amide bonds. The summed E-state index contributed by atoms with van der Waals surface area (Å²) in [7, 11) is 1.31. The molecule has 0 N–H and O–H groups in total. The van der Waals surface area contributed by atoms with Gasteiger partial charge in [-0.2, -0.15) is 0 Å². The van der Waals surface area contributed by atoms with Gasteiger partial charge in [-0.15, -0.1) is 13.2 Å². The van der Waals surface area contributed by atoms with Crippen LogP contribution in [-0.2, 0) is 0 Å². The molecule has 0 radical (unpaired) electrons. The van der Waals surface area contributed by atoms with E-state index >= 15 is 0 Å². The molecular formula is C9H6ClF3O3. The lowest BCUT2D eigenvalue weighted by Crippen LogP contribution is -2.18. The first-order valence-electron chi connectivity index (χ1n) is 3.97. The van der Waals surface area contributed by atoms with Crippen molar-refractivity contribution in [2.45, 2.75) is 6.36 Å². The summed E-state index contributed by atoms with van der Waals surface area (Å²) in [4.78, 5) is 10.9. The molecule has 3 nitrogen and oxygen atoms in total. The number of ether oxygens (including phenoxy) is 2. The molecule has 0 spiro atoms. The first kappa shape index (κ1) is 12.6. The molecule has 0 aliphatic carbocycles. The van der Waals surface area contributed by atoms with Crippen molar-refractivity contribution in [2.24, 2.45) is 0 Å². The Morgan fingerprint density at radius 1 is 1.38 bits per heavy atom. The second-order valence-electron chi connectivity index (χ2n) is 2.68. The molecule has 0 bridgehead atoms. The van der Waals surface area contributed by atoms with Gasteiger partial charge in [-0.05, 0) is 29.8 Å². The molecule has 0 aliphatic heterocycles. The minimum atomic E-state index is -4.88. The van der Waals surface area contributed by atoms with Crippen molar-refractivity contribution in [3.05, 3.63) is 23.8 Å². The van der Waals surface area contributed by atoms with Gasteiger partial charge in [0.05, 0.1) is 12.7 Å². The third kappa shape index (κ3) is 3.30. The third-order valence-electron chi connectivity index (χ3n) is 1.62. The van der Waals surface area contributed by atoms with Crippen LogP contribution in [0.4, 0.5) is 13.2 Å². The predicted molar refractivity (Wildman–Crippen MR) is 49.9 cm³/mol. The first-order valence-corrected chi connectivity index (χ1v) is 4.35. The highest BCUT2D eigenvalue weighted by Crippen LogP contribution is 2.30. The quantitative estimate of drug-likeness (QED) is 0.778. The number of rotatable bonds is 3. The van der Waals surface area contributed by atoms with Crippen LogP contribution in [0.1, 0.15) is 10.4 Å². The molecule has 0 unspecified atom stereocenters. The molecule has 0 fully saturated rings. The van der Waals surface area contributed by atoms with Crippen molar-refractivity contribution >= 4 is 16.8 Å². The van der Waals surface area contributed by atoms with Crippen LogP contribution in [0.2, 0.25) is 0 Å². The Labute approximate surface area is 93.7 Å². The Morgan fingerprint density at radius 2 is 2.00 bits per heavy atom. The molecule has 16 heavy (non-hydrogen) atoms. The summed E-state index contributed by atoms with van der Waals surface area (Å²) in [6.45, 7) is 0. The second-order valence-corrected chi connectivity index (χ2v) is 3.03. The molecule has 7 heteroatoms. The van der Waals surface area contributed by atoms with Crippen LogP contribution in [0.3, 0.4) is 0 Å². The largest absolute Gasteiger partial charge is 0.573 e. The van der Waals surface area contributed by atoms with Gasteiger partial charge in [0, 0.05) is 0 Å². The highest BCUT2D eigenvalue weighted by atomic mass is 35.5. The smallest absolute Gasteiger partial charge is 0.497 e. The molecule has 0 heterocycles. The predicted octanol–water partition coefficient (Wildman–Crippen LogP) is 2.97. The standard InChI is InChI=1S/C9H6ClF3O3/c1-15-5-2-3-7(16-9(11,12)13)6(4-5)8(10)14/h2-4H,1H3. The normalized spacial score (nSPS) is 11.1. The Morgan fingerprint density at radius 3 is 2.44 bits per heavy atom. The third-order valence-corrected chi connectivity index (χ3v) is 1.83. The van der Waals surface area contributed by atoms with Gasteiger partial charge in [-0.3, -0.25) is 4.79 Å². The van der Waals surface area contributed by atoms with Gasteiger partial charge < -0.3 is 9.47 Å². The maximum Gasteiger partial charge on any atom is 0.573 e. The average molecular weight is 255 g/mol. The summed E-state index contributed by atoms with van der Waals surface area (Å²) in [6.07, 6.45) is -4.88. The first-order chi connectivity index (χ1) is 7.33. The fourth-order valence-corrected chi connectivity index (χ4v) is 1.15. The number of hydrogen-bond acceptors (Lipinski definition) is 3. The molecule has 0 aromatic heterocycles. The molecular weight excluding hydrogens is 249 g/mol. The molecule has 0 saturated heterocycles. The minimum absolute atomic E-state index is 0.207. The second kappa shape index (κ2) is 4.61. The van der Waals surface area contributed by atoms with Crippen molar-refractivity contribution in [2.75, 3.05) is 7.11 Å². The molecule has 0 aliphatic rings. The van der Waals surface area contributed by atoms with Crippen molar-refractivity contribution in [1.82, 2.24) is 0 Å². The molecule has 0 atom stereocenters. The molecule has 1 aromatic rings. The van der Waals surface area contributed by atoms with Gasteiger partial charge in [0.15, 0.2) is 0 Å². The Bertz CT molecular complexity index is 403. The van der Waals surface area contributed by atoms with E-state index in [-0.39, 0.29) is 5.75 Å². The monoisotopic (exact) mass is 254 g/mol. The lowest BCUT2D eigenvalue weighted by atomic mass is 10.2. The van der Waals surface area contributed by atoms with Gasteiger partial charge in [-0.1, -0.05) is 0 Å². The van der Waals surface area contributed by atoms with Gasteiger partial charge >= 0.3 is 6.36 Å². The summed E-state index contributed by atoms with van der Waals surface area (Å²) >= 11 is 5.12. The van der Waals surface area contributed by atoms with Crippen LogP contribution in [-0.4, -0.2) is 18.7 Å². The summed E-state index contributed by atoms with van der Waals surface area (Å²) in [5.74, 6) is -0.452. The summed E-state index contributed by atoms with van der Waals surface area (Å²) < 4.78 is 44.3. The fourth-order valence-electron chi connectivity index (χ4n) is 1.00. The number of benzene rings is 1. The maximum atomic E-state index is 12.0. The zero-order chi connectivity index (χ0) is 12.3. The van der Waals surface area contributed by atoms with Crippen LogP contribution >= 0.6 is 11.6 Å². The van der Waals surface area contributed by atoms with E-state index in [1.54, 1.807) is 0 Å². The number of carbonyl (C=O) groups excluding carboxylic acids is 1. The van der Waals surface area contributed by atoms with E-state index in [0.29, 0.717) is 0 Å². The SMILES string of the molecule is COc1ccc(OC(F)(F)F)c(C(=O)Cl)c1. The Hall–Kier alpha value is -1.43. The molecule has 0 saturated carbocycles. The number of methoxy groups -OCH3 is 1. The van der Waals surface area contributed by atoms with E-state index in [1.807, 2.05) is 0 Å². The van der Waals surface area contributed by atoms with E-state index in [1.165, 1.54) is 13.2 Å². The highest BCUT2D eigenvalue weighted by molar-refractivity contribution is 6.68. The number of carbonyl (C=O) groups is 1. The lowest BCUT2D eigenvalue weighted by molar-refractivity contribution is -0.274. The number of halogens is 4. The van der Waals surface area contributed by atoms with Crippen molar-refractivity contribution < 1.29 is 27.4 Å². The van der Waals surface area contributed by atoms with E-state index in [0.717, 1.165) is 12.1 Å². The molecule has 1 aromatic carbocycles. The van der Waals surface area contributed by atoms with E-state index < -0.39 is 22.9 Å². The zero-order valence-electron chi connectivity index (χ0n) is 7.97. The van der Waals surface area contributed by atoms with E-state index in [4.69, 9.17) is 16.3 Å². The van der Waals surface area contributed by atoms with Gasteiger partial charge in [0.2, 0.25) is 0 Å². The zero-order valence-corrected chi connectivity index (χ0v) is 8.72. The summed E-state index contributed by atoms with van der Waals surface area (Å²) in [6, 6.07) is 3.25. The number of alkyl halides is 3. The maximum absolute atomic E-state index is 12.0. The number of hydrogen-bond donors (Lipinski definition) is 0. The van der Waals surface area contributed by atoms with Crippen LogP contribution in [0.5, 0.6) is 11.5 Å². The topological polar surface area (TPSA) is 35.5 Å². The van der Waals surface area contributed by atoms with Crippen LogP contribution in [0, 0.1) is 0 Å². The van der Waals surface area contributed by atoms with Crippen LogP contribution in [0.15, 0.2) is 18.2 Å². The highest BCUT2D eigenvalue weighted by Gasteiger charge is 2.32. The van der Waals surface area contributed by atoms with Gasteiger partial charge in [-0.25, -0.2) is 0 Å². The van der Waals surface area contributed by atoms with Gasteiger partial charge in [0.25, 0.3) is 5.24 Å². The Balaban J connectivity index is 3.13. The Kier molecular flexibility index (Phi) is 3.64. The average Bonchev–Trinajstić information content (AvgIpc) is 2.15. The minimum Gasteiger partial charge on any atom is -0.497 e. The van der Waals surface area contributed by atoms with E-state index in [9.17, 15) is 18.0 Å².